The Kier molecular flexibility index (Phi) is 9.53. The molecule has 0 aliphatic carbocycles. The molecule has 2 N–H and O–H groups in total. The molecule has 12 heteroatoms. The lowest BCUT2D eigenvalue weighted by Gasteiger charge is -2.35. The second-order valence-electron chi connectivity index (χ2n) is 13.4. The van der Waals surface area contributed by atoms with Gasteiger partial charge >= 0.3 is 0 Å². The van der Waals surface area contributed by atoms with Gasteiger partial charge in [-0.2, -0.15) is 4.98 Å². The number of carbonyl (C=O) groups is 1. The number of rotatable bonds is 6. The zero-order chi connectivity index (χ0) is 34.1. The Morgan fingerprint density at radius 3 is 2.45 bits per heavy atom. The molecule has 0 radical (unpaired) electrons. The second-order valence-corrected chi connectivity index (χ2v) is 15.1. The third-order valence-corrected chi connectivity index (χ3v) is 9.08. The minimum atomic E-state index is -4.23. The first-order valence-corrected chi connectivity index (χ1v) is 17.0. The van der Waals surface area contributed by atoms with Crippen LogP contribution in [0, 0.1) is 25.1 Å². The van der Waals surface area contributed by atoms with Crippen molar-refractivity contribution in [2.24, 2.45) is 5.41 Å². The number of sulfonamides is 1. The van der Waals surface area contributed by atoms with E-state index in [4.69, 9.17) is 4.74 Å². The Morgan fingerprint density at radius 1 is 1.06 bits per heavy atom. The molecule has 2 aromatic carbocycles. The average Bonchev–Trinajstić information content (AvgIpc) is 2.98. The maximum Gasteiger partial charge on any atom is 0.264 e. The molecule has 1 atom stereocenters. The van der Waals surface area contributed by atoms with Gasteiger partial charge in [0.25, 0.3) is 15.9 Å². The molecule has 5 rings (SSSR count). The minimum Gasteiger partial charge on any atom is -0.475 e. The van der Waals surface area contributed by atoms with Crippen molar-refractivity contribution in [3.63, 3.8) is 0 Å². The van der Waals surface area contributed by atoms with Gasteiger partial charge in [0.2, 0.25) is 11.8 Å². The van der Waals surface area contributed by atoms with E-state index in [9.17, 15) is 13.2 Å². The number of pyridine rings is 1. The molecule has 0 spiro atoms. The smallest absolute Gasteiger partial charge is 0.264 e. The summed E-state index contributed by atoms with van der Waals surface area (Å²) in [5, 5.41) is 3.09. The van der Waals surface area contributed by atoms with Gasteiger partial charge in [-0.1, -0.05) is 45.0 Å². The van der Waals surface area contributed by atoms with Gasteiger partial charge in [0.15, 0.2) is 5.82 Å². The fraction of sp³-hybridized carbons (Fsp3) is 0.371. The molecule has 4 aromatic rings. The summed E-state index contributed by atoms with van der Waals surface area (Å²) in [4.78, 5) is 29.0. The number of nitrogens with one attached hydrogen (secondary N) is 2. The molecule has 0 unspecified atom stereocenters. The van der Waals surface area contributed by atoms with Gasteiger partial charge < -0.3 is 15.0 Å². The molecular formula is C35H41FN6O4S. The molecule has 47 heavy (non-hydrogen) atoms. The van der Waals surface area contributed by atoms with Crippen LogP contribution < -0.4 is 14.8 Å². The van der Waals surface area contributed by atoms with E-state index in [1.54, 1.807) is 18.2 Å². The van der Waals surface area contributed by atoms with Gasteiger partial charge in [0.1, 0.15) is 6.61 Å². The first kappa shape index (κ1) is 33.8. The van der Waals surface area contributed by atoms with Crippen molar-refractivity contribution >= 4 is 27.6 Å². The molecule has 0 saturated heterocycles. The number of nitrogens with zero attached hydrogens (tertiary/aromatic N) is 4. The summed E-state index contributed by atoms with van der Waals surface area (Å²) in [7, 11) is -4.23. The van der Waals surface area contributed by atoms with Crippen molar-refractivity contribution in [3.05, 3.63) is 89.0 Å². The summed E-state index contributed by atoms with van der Waals surface area (Å²) in [5.41, 5.74) is 3.38. The lowest BCUT2D eigenvalue weighted by Crippen LogP contribution is -2.45. The average molecular weight is 661 g/mol. The lowest BCUT2D eigenvalue weighted by atomic mass is 9.87. The third-order valence-electron chi connectivity index (χ3n) is 7.76. The molecule has 10 nitrogen and oxygen atoms in total. The van der Waals surface area contributed by atoms with Gasteiger partial charge in [0, 0.05) is 29.4 Å². The van der Waals surface area contributed by atoms with Gasteiger partial charge in [-0.15, -0.1) is 0 Å². The number of amides is 1. The molecule has 3 heterocycles. The second kappa shape index (κ2) is 13.3. The highest BCUT2D eigenvalue weighted by Gasteiger charge is 2.32. The fourth-order valence-electron chi connectivity index (χ4n) is 5.73. The molecule has 1 aliphatic heterocycles. The van der Waals surface area contributed by atoms with Crippen LogP contribution in [-0.4, -0.2) is 52.9 Å². The number of carbonyl (C=O) groups excluding carboxylic acids is 1. The van der Waals surface area contributed by atoms with Crippen LogP contribution in [0.1, 0.15) is 68.2 Å². The van der Waals surface area contributed by atoms with E-state index < -0.39 is 27.8 Å². The van der Waals surface area contributed by atoms with Crippen LogP contribution >= 0.6 is 0 Å². The number of aryl methyl sites for hydroxylation is 2. The lowest BCUT2D eigenvalue weighted by molar-refractivity contribution is 0.0506. The van der Waals surface area contributed by atoms with Crippen molar-refractivity contribution in [2.75, 3.05) is 16.6 Å². The first-order valence-electron chi connectivity index (χ1n) is 15.5. The zero-order valence-electron chi connectivity index (χ0n) is 27.8. The van der Waals surface area contributed by atoms with E-state index in [0.29, 0.717) is 12.1 Å². The van der Waals surface area contributed by atoms with Crippen LogP contribution in [-0.2, 0) is 16.6 Å². The number of fused-ring (bicyclic) bond motifs is 4. The molecule has 248 valence electrons. The molecule has 4 bridgehead atoms. The number of halogens is 1. The highest BCUT2D eigenvalue weighted by atomic mass is 32.2. The van der Waals surface area contributed by atoms with Crippen molar-refractivity contribution in [1.29, 1.82) is 0 Å². The van der Waals surface area contributed by atoms with Crippen LogP contribution in [0.3, 0.4) is 0 Å². The highest BCUT2D eigenvalue weighted by molar-refractivity contribution is 7.92. The molecule has 1 amide bonds. The summed E-state index contributed by atoms with van der Waals surface area (Å²) < 4.78 is 51.9. The largest absolute Gasteiger partial charge is 0.475 e. The molecule has 1 aliphatic rings. The number of benzene rings is 2. The summed E-state index contributed by atoms with van der Waals surface area (Å²) in [6.45, 7) is 13.6. The monoisotopic (exact) mass is 660 g/mol. The van der Waals surface area contributed by atoms with E-state index in [-0.39, 0.29) is 58.3 Å². The fourth-order valence-corrected chi connectivity index (χ4v) is 6.72. The van der Waals surface area contributed by atoms with E-state index >= 15 is 4.39 Å². The Bertz CT molecular complexity index is 1890. The minimum absolute atomic E-state index is 0.0103. The van der Waals surface area contributed by atoms with E-state index in [1.165, 1.54) is 29.3 Å². The van der Waals surface area contributed by atoms with Gasteiger partial charge in [-0.25, -0.2) is 22.5 Å². The normalized spacial score (nSPS) is 16.4. The Hall–Kier alpha value is -4.58. The van der Waals surface area contributed by atoms with E-state index in [1.807, 2.05) is 66.7 Å². The zero-order valence-corrected chi connectivity index (χ0v) is 28.6. The van der Waals surface area contributed by atoms with Crippen LogP contribution in [0.25, 0.3) is 11.3 Å². The van der Waals surface area contributed by atoms with Crippen molar-refractivity contribution in [3.8, 4) is 17.1 Å². The molecule has 0 saturated carbocycles. The summed E-state index contributed by atoms with van der Waals surface area (Å²) in [5.74, 6) is -1.09. The Morgan fingerprint density at radius 2 is 1.77 bits per heavy atom. The van der Waals surface area contributed by atoms with Gasteiger partial charge in [-0.05, 0) is 74.9 Å². The number of hydrogen-bond acceptors (Lipinski definition) is 8. The van der Waals surface area contributed by atoms with Crippen LogP contribution in [0.15, 0.2) is 65.7 Å². The predicted octanol–water partition coefficient (Wildman–Crippen LogP) is 6.76. The van der Waals surface area contributed by atoms with Gasteiger partial charge in [0.05, 0.1) is 34.6 Å². The molecule has 2 aromatic heterocycles. The summed E-state index contributed by atoms with van der Waals surface area (Å²) in [6.07, 6.45) is 1.97. The van der Waals surface area contributed by atoms with E-state index in [2.05, 4.69) is 25.0 Å². The van der Waals surface area contributed by atoms with Crippen molar-refractivity contribution in [2.45, 2.75) is 78.4 Å². The quantitative estimate of drug-likeness (QED) is 0.233. The predicted molar refractivity (Wildman–Crippen MR) is 180 cm³/mol. The summed E-state index contributed by atoms with van der Waals surface area (Å²) >= 11 is 0. The van der Waals surface area contributed by atoms with Crippen LogP contribution in [0.5, 0.6) is 5.88 Å². The van der Waals surface area contributed by atoms with Crippen LogP contribution in [0.4, 0.5) is 16.0 Å². The maximum atomic E-state index is 15.8. The standard InChI is InChI=1S/C35H41FN6O4S/c1-21(2)38-27-14-15-37-29(32(27)36)19-42-25(18-35(5,6)7)20-46-30-17-28(31-22(3)10-8-11-23(31)4)39-34(40-30)41-47(44,45)26-13-9-12-24(16-26)33(42)43/h8-17,21,25H,18-20H2,1-7H3,(H,37,38)(H,39,40,41)/t25-/m1/s1. The topological polar surface area (TPSA) is 126 Å². The molecule has 0 fully saturated rings. The third kappa shape index (κ3) is 7.87. The molecular weight excluding hydrogens is 619 g/mol. The SMILES string of the molecule is Cc1cccc(C)c1-c1cc2nc(n1)NS(=O)(=O)c1cccc(c1)C(=O)N(Cc1nccc(NC(C)C)c1F)[C@H](CC(C)(C)C)CO2. The number of hydrogen-bond donors (Lipinski definition) is 2. The van der Waals surface area contributed by atoms with Gasteiger partial charge in [-0.3, -0.25) is 9.78 Å². The number of ether oxygens (including phenoxy) is 1. The first-order chi connectivity index (χ1) is 22.1. The highest BCUT2D eigenvalue weighted by Crippen LogP contribution is 2.32. The Balaban J connectivity index is 1.68. The Labute approximate surface area is 275 Å². The number of aromatic nitrogens is 3. The van der Waals surface area contributed by atoms with Crippen LogP contribution in [0.2, 0.25) is 0 Å². The van der Waals surface area contributed by atoms with Crippen molar-refractivity contribution in [1.82, 2.24) is 19.9 Å². The number of anilines is 2. The van der Waals surface area contributed by atoms with Crippen molar-refractivity contribution < 1.29 is 22.3 Å². The maximum absolute atomic E-state index is 15.8. The van der Waals surface area contributed by atoms with E-state index in [0.717, 1.165) is 16.7 Å². The summed E-state index contributed by atoms with van der Waals surface area (Å²) in [6, 6.07) is 14.2.